The molecule has 0 aromatic heterocycles. The smallest absolute Gasteiger partial charge is 0.0697 e. The van der Waals surface area contributed by atoms with Gasteiger partial charge in [-0.3, -0.25) is 0 Å². The maximum Gasteiger partial charge on any atom is 0.0697 e. The van der Waals surface area contributed by atoms with Gasteiger partial charge in [0.2, 0.25) is 0 Å². The summed E-state index contributed by atoms with van der Waals surface area (Å²) in [5.74, 6) is 0. The van der Waals surface area contributed by atoms with Crippen molar-refractivity contribution in [1.29, 1.82) is 0 Å². The molecule has 2 N–H and O–H groups in total. The van der Waals surface area contributed by atoms with Crippen molar-refractivity contribution in [3.63, 3.8) is 0 Å². The van der Waals surface area contributed by atoms with E-state index in [4.69, 9.17) is 9.84 Å². The second-order valence-corrected chi connectivity index (χ2v) is 3.27. The van der Waals surface area contributed by atoms with Crippen LogP contribution in [0.25, 0.3) is 0 Å². The Morgan fingerprint density at radius 3 is 2.92 bits per heavy atom. The van der Waals surface area contributed by atoms with Crippen LogP contribution < -0.4 is 5.32 Å². The van der Waals surface area contributed by atoms with Crippen LogP contribution in [0.1, 0.15) is 25.7 Å². The monoisotopic (exact) mass is 173 g/mol. The van der Waals surface area contributed by atoms with Crippen molar-refractivity contribution in [1.82, 2.24) is 5.32 Å². The van der Waals surface area contributed by atoms with Crippen LogP contribution in [0.3, 0.4) is 0 Å². The molecule has 1 rings (SSSR count). The Morgan fingerprint density at radius 1 is 1.33 bits per heavy atom. The predicted molar refractivity (Wildman–Crippen MR) is 48.2 cm³/mol. The largest absolute Gasteiger partial charge is 0.394 e. The molecule has 0 bridgehead atoms. The fraction of sp³-hybridized carbons (Fsp3) is 1.00. The molecule has 1 unspecified atom stereocenters. The average molecular weight is 173 g/mol. The molecule has 0 radical (unpaired) electrons. The number of nitrogens with one attached hydrogen (secondary N) is 1. The van der Waals surface area contributed by atoms with E-state index in [1.165, 1.54) is 19.3 Å². The molecular weight excluding hydrogens is 154 g/mol. The molecule has 0 amide bonds. The minimum Gasteiger partial charge on any atom is -0.394 e. The predicted octanol–water partition coefficient (Wildman–Crippen LogP) is 0.527. The molecule has 0 aliphatic carbocycles. The number of hydrogen-bond donors (Lipinski definition) is 2. The van der Waals surface area contributed by atoms with Crippen LogP contribution in [0.15, 0.2) is 0 Å². The molecule has 72 valence electrons. The van der Waals surface area contributed by atoms with E-state index < -0.39 is 0 Å². The topological polar surface area (TPSA) is 41.5 Å². The Bertz CT molecular complexity index is 103. The highest BCUT2D eigenvalue weighted by Crippen LogP contribution is 2.09. The highest BCUT2D eigenvalue weighted by molar-refractivity contribution is 4.71. The molecule has 1 aliphatic rings. The van der Waals surface area contributed by atoms with Gasteiger partial charge in [0, 0.05) is 12.6 Å². The number of rotatable bonds is 5. The van der Waals surface area contributed by atoms with E-state index in [1.807, 2.05) is 0 Å². The van der Waals surface area contributed by atoms with Crippen molar-refractivity contribution in [3.8, 4) is 0 Å². The zero-order valence-corrected chi connectivity index (χ0v) is 7.59. The number of aliphatic hydroxyl groups is 1. The van der Waals surface area contributed by atoms with Crippen molar-refractivity contribution >= 4 is 0 Å². The average Bonchev–Trinajstić information content (AvgIpc) is 2.14. The molecule has 1 atom stereocenters. The molecule has 0 spiro atoms. The molecular formula is C9H19NO2. The van der Waals surface area contributed by atoms with E-state index in [0.29, 0.717) is 12.6 Å². The van der Waals surface area contributed by atoms with Crippen LogP contribution >= 0.6 is 0 Å². The minimum atomic E-state index is 0.137. The Labute approximate surface area is 74.1 Å². The van der Waals surface area contributed by atoms with Gasteiger partial charge in [0.05, 0.1) is 13.2 Å². The lowest BCUT2D eigenvalue weighted by Gasteiger charge is -2.23. The van der Waals surface area contributed by atoms with Crippen LogP contribution in [0.4, 0.5) is 0 Å². The van der Waals surface area contributed by atoms with E-state index in [0.717, 1.165) is 19.6 Å². The normalized spacial score (nSPS) is 24.2. The summed E-state index contributed by atoms with van der Waals surface area (Å²) in [5.41, 5.74) is 0. The number of piperidine rings is 1. The molecule has 0 saturated carbocycles. The first-order chi connectivity index (χ1) is 5.93. The van der Waals surface area contributed by atoms with Crippen molar-refractivity contribution in [3.05, 3.63) is 0 Å². The second-order valence-electron chi connectivity index (χ2n) is 3.27. The van der Waals surface area contributed by atoms with Crippen LogP contribution in [0, 0.1) is 0 Å². The summed E-state index contributed by atoms with van der Waals surface area (Å²) in [4.78, 5) is 0. The quantitative estimate of drug-likeness (QED) is 0.596. The summed E-state index contributed by atoms with van der Waals surface area (Å²) < 4.78 is 5.20. The molecule has 1 heterocycles. The Kier molecular flexibility index (Phi) is 5.32. The van der Waals surface area contributed by atoms with E-state index in [-0.39, 0.29) is 6.61 Å². The summed E-state index contributed by atoms with van der Waals surface area (Å²) in [6.07, 6.45) is 5.02. The lowest BCUT2D eigenvalue weighted by molar-refractivity contribution is 0.0840. The zero-order chi connectivity index (χ0) is 8.65. The van der Waals surface area contributed by atoms with Gasteiger partial charge in [-0.1, -0.05) is 6.42 Å². The van der Waals surface area contributed by atoms with Crippen molar-refractivity contribution < 1.29 is 9.84 Å². The minimum absolute atomic E-state index is 0.137. The van der Waals surface area contributed by atoms with Gasteiger partial charge in [-0.05, 0) is 25.8 Å². The second kappa shape index (κ2) is 6.40. The van der Waals surface area contributed by atoms with Gasteiger partial charge < -0.3 is 15.2 Å². The first-order valence-electron chi connectivity index (χ1n) is 4.85. The van der Waals surface area contributed by atoms with E-state index in [1.54, 1.807) is 0 Å². The zero-order valence-electron chi connectivity index (χ0n) is 7.59. The van der Waals surface area contributed by atoms with Crippen molar-refractivity contribution in [2.75, 3.05) is 26.4 Å². The summed E-state index contributed by atoms with van der Waals surface area (Å²) in [7, 11) is 0. The lowest BCUT2D eigenvalue weighted by Crippen LogP contribution is -2.34. The van der Waals surface area contributed by atoms with Crippen LogP contribution in [0.2, 0.25) is 0 Å². The van der Waals surface area contributed by atoms with Gasteiger partial charge >= 0.3 is 0 Å². The lowest BCUT2D eigenvalue weighted by atomic mass is 10.0. The third-order valence-corrected chi connectivity index (χ3v) is 2.26. The van der Waals surface area contributed by atoms with Gasteiger partial charge in [-0.25, -0.2) is 0 Å². The third kappa shape index (κ3) is 4.04. The summed E-state index contributed by atoms with van der Waals surface area (Å²) in [6, 6.07) is 0.650. The van der Waals surface area contributed by atoms with E-state index in [2.05, 4.69) is 5.32 Å². The fourth-order valence-corrected chi connectivity index (χ4v) is 1.56. The highest BCUT2D eigenvalue weighted by Gasteiger charge is 2.11. The molecule has 1 saturated heterocycles. The van der Waals surface area contributed by atoms with Crippen LogP contribution in [-0.4, -0.2) is 37.5 Å². The fourth-order valence-electron chi connectivity index (χ4n) is 1.56. The summed E-state index contributed by atoms with van der Waals surface area (Å²) in [6.45, 7) is 2.55. The standard InChI is InChI=1S/C9H19NO2/c11-6-8-12-7-4-9-3-1-2-5-10-9/h9-11H,1-8H2. The van der Waals surface area contributed by atoms with Gasteiger partial charge in [-0.2, -0.15) is 0 Å². The molecule has 12 heavy (non-hydrogen) atoms. The van der Waals surface area contributed by atoms with Gasteiger partial charge in [-0.15, -0.1) is 0 Å². The Balaban J connectivity index is 1.91. The molecule has 1 fully saturated rings. The highest BCUT2D eigenvalue weighted by atomic mass is 16.5. The SMILES string of the molecule is OCCOCCC1CCCCN1. The van der Waals surface area contributed by atoms with Gasteiger partial charge in [0.15, 0.2) is 0 Å². The Morgan fingerprint density at radius 2 is 2.25 bits per heavy atom. The molecule has 3 nitrogen and oxygen atoms in total. The van der Waals surface area contributed by atoms with E-state index in [9.17, 15) is 0 Å². The van der Waals surface area contributed by atoms with Crippen molar-refractivity contribution in [2.24, 2.45) is 0 Å². The number of aliphatic hydroxyl groups excluding tert-OH is 1. The van der Waals surface area contributed by atoms with Gasteiger partial charge in [0.25, 0.3) is 0 Å². The summed E-state index contributed by atoms with van der Waals surface area (Å²) >= 11 is 0. The van der Waals surface area contributed by atoms with Crippen LogP contribution in [0.5, 0.6) is 0 Å². The molecule has 3 heteroatoms. The summed E-state index contributed by atoms with van der Waals surface area (Å²) in [5, 5.41) is 11.9. The van der Waals surface area contributed by atoms with Crippen molar-refractivity contribution in [2.45, 2.75) is 31.7 Å². The molecule has 1 aliphatic heterocycles. The first kappa shape index (κ1) is 9.96. The Hall–Kier alpha value is -0.120. The maximum atomic E-state index is 8.46. The number of ether oxygens (including phenoxy) is 1. The molecule has 0 aromatic rings. The van der Waals surface area contributed by atoms with Gasteiger partial charge in [0.1, 0.15) is 0 Å². The van der Waals surface area contributed by atoms with Crippen LogP contribution in [-0.2, 0) is 4.74 Å². The van der Waals surface area contributed by atoms with E-state index >= 15 is 0 Å². The first-order valence-corrected chi connectivity index (χ1v) is 4.85. The maximum absolute atomic E-state index is 8.46. The third-order valence-electron chi connectivity index (χ3n) is 2.26. The molecule has 0 aromatic carbocycles. The number of hydrogen-bond acceptors (Lipinski definition) is 3.